The van der Waals surface area contributed by atoms with Crippen LogP contribution in [-0.4, -0.2) is 35.8 Å². The number of carbonyl (C=O) groups excluding carboxylic acids is 6. The first-order valence-electron chi connectivity index (χ1n) is 37.0. The van der Waals surface area contributed by atoms with Crippen LogP contribution in [0.5, 0.6) is 23.0 Å². The molecule has 12 nitrogen and oxygen atoms in total. The maximum Gasteiger partial charge on any atom is 0.343 e. The lowest BCUT2D eigenvalue weighted by atomic mass is 10.0. The van der Waals surface area contributed by atoms with Gasteiger partial charge in [0.05, 0.1) is 22.3 Å². The third kappa shape index (κ3) is 20.4. The van der Waals surface area contributed by atoms with Gasteiger partial charge in [0.15, 0.2) is 12.2 Å². The Kier molecular flexibility index (Phi) is 27.2. The van der Waals surface area contributed by atoms with E-state index in [-0.39, 0.29) is 35.8 Å². The molecule has 0 spiro atoms. The lowest BCUT2D eigenvalue weighted by Gasteiger charge is -2.19. The van der Waals surface area contributed by atoms with Crippen molar-refractivity contribution in [2.24, 2.45) is 5.92 Å². The van der Waals surface area contributed by atoms with Crippen molar-refractivity contribution in [2.45, 2.75) is 214 Å². The molecular formula is C88H98O12. The van der Waals surface area contributed by atoms with E-state index >= 15 is 0 Å². The molecule has 0 unspecified atom stereocenters. The second-order valence-corrected chi connectivity index (χ2v) is 27.3. The summed E-state index contributed by atoms with van der Waals surface area (Å²) in [4.78, 5) is 83.8. The van der Waals surface area contributed by atoms with E-state index in [1.165, 1.54) is 77.0 Å². The topological polar surface area (TPSA) is 158 Å². The van der Waals surface area contributed by atoms with Gasteiger partial charge in [0, 0.05) is 35.1 Å². The molecule has 0 N–H and O–H groups in total. The fraction of sp³-hybridized carbons (Fsp3) is 0.386. The van der Waals surface area contributed by atoms with Crippen LogP contribution in [0.3, 0.4) is 0 Å². The van der Waals surface area contributed by atoms with Gasteiger partial charge in [0.1, 0.15) is 23.0 Å². The van der Waals surface area contributed by atoms with Crippen molar-refractivity contribution in [3.63, 3.8) is 0 Å². The quantitative estimate of drug-likeness (QED) is 0.0205. The van der Waals surface area contributed by atoms with Crippen LogP contribution in [0, 0.1) is 5.92 Å². The molecule has 2 aliphatic rings. The molecule has 0 radical (unpaired) electrons. The maximum absolute atomic E-state index is 14.5. The van der Waals surface area contributed by atoms with Gasteiger partial charge in [-0.2, -0.15) is 0 Å². The second kappa shape index (κ2) is 37.1. The normalized spacial score (nSPS) is 12.1. The van der Waals surface area contributed by atoms with E-state index < -0.39 is 53.9 Å². The van der Waals surface area contributed by atoms with Crippen LogP contribution in [0.4, 0.5) is 0 Å². The summed E-state index contributed by atoms with van der Waals surface area (Å²) in [6, 6.07) is 50.9. The van der Waals surface area contributed by atoms with Crippen LogP contribution in [0.15, 0.2) is 170 Å². The van der Waals surface area contributed by atoms with Gasteiger partial charge in [-0.3, -0.25) is 9.59 Å². The number of hydrogen-bond acceptors (Lipinski definition) is 12. The van der Waals surface area contributed by atoms with Crippen molar-refractivity contribution >= 4 is 35.8 Å². The Morgan fingerprint density at radius 2 is 0.510 bits per heavy atom. The highest BCUT2D eigenvalue weighted by Crippen LogP contribution is 2.50. The van der Waals surface area contributed by atoms with Crippen molar-refractivity contribution in [3.05, 3.63) is 237 Å². The summed E-state index contributed by atoms with van der Waals surface area (Å²) in [6.07, 6.45) is 24.8. The molecule has 0 atom stereocenters. The summed E-state index contributed by atoms with van der Waals surface area (Å²) in [6.45, 7) is 10.6. The van der Waals surface area contributed by atoms with E-state index in [4.69, 9.17) is 28.4 Å². The molecule has 0 amide bonds. The highest BCUT2D eigenvalue weighted by molar-refractivity contribution is 5.94. The van der Waals surface area contributed by atoms with Crippen molar-refractivity contribution in [1.29, 1.82) is 0 Å². The molecule has 0 heterocycles. The molecule has 0 aliphatic heterocycles. The summed E-state index contributed by atoms with van der Waals surface area (Å²) in [5.74, 6) is -2.99. The molecule has 0 saturated heterocycles. The molecule has 0 bridgehead atoms. The van der Waals surface area contributed by atoms with Gasteiger partial charge in [-0.15, -0.1) is 0 Å². The van der Waals surface area contributed by atoms with Gasteiger partial charge in [0.2, 0.25) is 0 Å². The van der Waals surface area contributed by atoms with Gasteiger partial charge in [-0.25, -0.2) is 19.2 Å². The zero-order valence-electron chi connectivity index (χ0n) is 59.2. The number of ether oxygens (including phenoxy) is 6. The lowest BCUT2D eigenvalue weighted by molar-refractivity contribution is -0.151. The van der Waals surface area contributed by atoms with Crippen molar-refractivity contribution in [1.82, 2.24) is 0 Å². The van der Waals surface area contributed by atoms with Crippen LogP contribution in [0.1, 0.15) is 274 Å². The van der Waals surface area contributed by atoms with Crippen LogP contribution < -0.4 is 18.9 Å². The minimum atomic E-state index is -1.02. The number of unbranched alkanes of at least 4 members (excludes halogenated alkanes) is 16. The van der Waals surface area contributed by atoms with E-state index in [1.54, 1.807) is 104 Å². The summed E-state index contributed by atoms with van der Waals surface area (Å²) >= 11 is 0. The highest BCUT2D eigenvalue weighted by Gasteiger charge is 2.36. The third-order valence-corrected chi connectivity index (χ3v) is 19.2. The standard InChI is InChI=1S/C88H98O12/c1-6-10-14-18-22-26-61-30-38-65(39-31-61)85(91)95-69-46-50-73-74-51-47-70(96-86(92)66-40-32-62(33-41-66)27-23-19-15-11-7-2)57-78(74)83(77(73)56-69)99-81(89)54-60(5)55-82(90)100-84-79-58-71(97-87(93)67-42-34-63(35-43-67)28-24-20-16-12-8-3)48-52-75(79)76-53-49-72(59-80(76)84)98-88(94)68-44-36-64(37-45-68)29-25-21-17-13-9-4/h30-53,56-60,83-84H,6-29,54-55H2,1-5H3. The SMILES string of the molecule is CCCCCCCc1ccc(C(=O)Oc2ccc3c(c2)C(OC(=O)CC(C)CC(=O)OC2c4cc(OC(=O)c5ccc(CCCCCCC)cc5)ccc4-c4ccc(OC(=O)c5ccc(CCCCCCC)cc5)cc42)c2cc(OC(=O)c4ccc(CCCCCCC)cc4)ccc2-3)cc1. The van der Waals surface area contributed by atoms with Crippen LogP contribution in [0.2, 0.25) is 0 Å². The van der Waals surface area contributed by atoms with Crippen molar-refractivity contribution < 1.29 is 57.2 Å². The molecule has 0 aromatic heterocycles. The van der Waals surface area contributed by atoms with Crippen molar-refractivity contribution in [3.8, 4) is 45.3 Å². The summed E-state index contributed by atoms with van der Waals surface area (Å²) in [5, 5.41) is 0. The van der Waals surface area contributed by atoms with Gasteiger partial charge < -0.3 is 28.4 Å². The molecule has 0 saturated carbocycles. The van der Waals surface area contributed by atoms with E-state index in [2.05, 4.69) is 27.7 Å². The molecule has 12 heteroatoms. The van der Waals surface area contributed by atoms with Gasteiger partial charge in [0.25, 0.3) is 0 Å². The molecule has 2 aliphatic carbocycles. The van der Waals surface area contributed by atoms with E-state index in [9.17, 15) is 28.8 Å². The first-order chi connectivity index (χ1) is 48.8. The average molecular weight is 1350 g/mol. The van der Waals surface area contributed by atoms with Crippen LogP contribution >= 0.6 is 0 Å². The number of esters is 6. The van der Waals surface area contributed by atoms with Gasteiger partial charge in [-0.05, 0) is 199 Å². The molecular weight excluding hydrogens is 1250 g/mol. The monoisotopic (exact) mass is 1350 g/mol. The third-order valence-electron chi connectivity index (χ3n) is 19.2. The van der Waals surface area contributed by atoms with Gasteiger partial charge in [-0.1, -0.05) is 210 Å². The molecule has 10 rings (SSSR count). The zero-order chi connectivity index (χ0) is 70.2. The van der Waals surface area contributed by atoms with E-state index in [1.807, 2.05) is 72.8 Å². The fourth-order valence-electron chi connectivity index (χ4n) is 13.5. The summed E-state index contributed by atoms with van der Waals surface area (Å²) < 4.78 is 36.9. The molecule has 0 fully saturated rings. The maximum atomic E-state index is 14.5. The predicted molar refractivity (Wildman–Crippen MR) is 393 cm³/mol. The minimum absolute atomic E-state index is 0.193. The lowest BCUT2D eigenvalue weighted by Crippen LogP contribution is -2.18. The first-order valence-corrected chi connectivity index (χ1v) is 37.0. The number of hydrogen-bond donors (Lipinski definition) is 0. The zero-order valence-corrected chi connectivity index (χ0v) is 59.2. The Hall–Kier alpha value is -9.42. The van der Waals surface area contributed by atoms with Crippen LogP contribution in [-0.2, 0) is 44.7 Å². The summed E-state index contributed by atoms with van der Waals surface area (Å²) in [5.41, 5.74) is 11.4. The number of aryl methyl sites for hydroxylation is 4. The Morgan fingerprint density at radius 3 is 0.730 bits per heavy atom. The Bertz CT molecular complexity index is 3550. The average Bonchev–Trinajstić information content (AvgIpc) is 1.57. The predicted octanol–water partition coefficient (Wildman–Crippen LogP) is 22.0. The Labute approximate surface area is 591 Å². The van der Waals surface area contributed by atoms with Crippen molar-refractivity contribution in [2.75, 3.05) is 0 Å². The molecule has 8 aromatic carbocycles. The largest absolute Gasteiger partial charge is 0.452 e. The number of rotatable bonds is 38. The number of fused-ring (bicyclic) bond motifs is 6. The Balaban J connectivity index is 0.849. The number of carbonyl (C=O) groups is 6. The molecule has 100 heavy (non-hydrogen) atoms. The van der Waals surface area contributed by atoms with Gasteiger partial charge >= 0.3 is 35.8 Å². The number of benzene rings is 8. The minimum Gasteiger partial charge on any atom is -0.452 e. The first kappa shape index (κ1) is 73.3. The van der Waals surface area contributed by atoms with Crippen LogP contribution in [0.25, 0.3) is 22.3 Å². The highest BCUT2D eigenvalue weighted by atomic mass is 16.6. The summed E-state index contributed by atoms with van der Waals surface area (Å²) in [7, 11) is 0. The Morgan fingerprint density at radius 1 is 0.290 bits per heavy atom. The smallest absolute Gasteiger partial charge is 0.343 e. The van der Waals surface area contributed by atoms with E-state index in [0.29, 0.717) is 44.5 Å². The van der Waals surface area contributed by atoms with E-state index in [0.717, 1.165) is 122 Å². The molecule has 522 valence electrons. The fourth-order valence-corrected chi connectivity index (χ4v) is 13.5. The second-order valence-electron chi connectivity index (χ2n) is 27.3. The molecule has 8 aromatic rings.